The fourth-order valence-corrected chi connectivity index (χ4v) is 5.22. The van der Waals surface area contributed by atoms with Crippen LogP contribution in [0.1, 0.15) is 44.4 Å². The number of hydrogen-bond donors (Lipinski definition) is 0. The second-order valence-corrected chi connectivity index (χ2v) is 9.96. The molecule has 0 spiro atoms. The van der Waals surface area contributed by atoms with Crippen LogP contribution in [-0.4, -0.2) is 61.2 Å². The van der Waals surface area contributed by atoms with Gasteiger partial charge in [0.2, 0.25) is 12.4 Å². The molecular weight excluding hydrogens is 562 g/mol. The Kier molecular flexibility index (Phi) is 10.3. The van der Waals surface area contributed by atoms with Crippen LogP contribution in [0.25, 0.3) is 0 Å². The van der Waals surface area contributed by atoms with Gasteiger partial charge < -0.3 is 28.4 Å². The normalized spacial score (nSPS) is 21.7. The van der Waals surface area contributed by atoms with Crippen molar-refractivity contribution in [2.24, 2.45) is 0 Å². The molecule has 10 nitrogen and oxygen atoms in total. The van der Waals surface area contributed by atoms with Crippen LogP contribution < -0.4 is 0 Å². The summed E-state index contributed by atoms with van der Waals surface area (Å²) in [6, 6.07) is 28.7. The number of carbonyl (C=O) groups excluding carboxylic acids is 4. The van der Waals surface area contributed by atoms with Gasteiger partial charge in [-0.2, -0.15) is 0 Å². The smallest absolute Gasteiger partial charge is 0.305 e. The van der Waals surface area contributed by atoms with E-state index in [1.807, 2.05) is 91.0 Å². The predicted molar refractivity (Wildman–Crippen MR) is 152 cm³/mol. The van der Waals surface area contributed by atoms with E-state index in [1.165, 1.54) is 6.92 Å². The lowest BCUT2D eigenvalue weighted by atomic mass is 9.80. The fourth-order valence-electron chi connectivity index (χ4n) is 5.22. The number of benzene rings is 3. The first kappa shape index (κ1) is 31.4. The first-order chi connectivity index (χ1) is 20.6. The van der Waals surface area contributed by atoms with Crippen molar-refractivity contribution in [3.8, 4) is 0 Å². The van der Waals surface area contributed by atoms with Crippen molar-refractivity contribution in [3.63, 3.8) is 0 Å². The van der Waals surface area contributed by atoms with Gasteiger partial charge in [-0.3, -0.25) is 19.2 Å². The molecular formula is C33H34O10. The number of ether oxygens (including phenoxy) is 6. The van der Waals surface area contributed by atoms with Crippen LogP contribution in [0, 0.1) is 0 Å². The van der Waals surface area contributed by atoms with Crippen molar-refractivity contribution >= 4 is 23.9 Å². The second-order valence-electron chi connectivity index (χ2n) is 9.96. The van der Waals surface area contributed by atoms with E-state index in [-0.39, 0.29) is 6.61 Å². The zero-order valence-corrected chi connectivity index (χ0v) is 24.3. The molecule has 0 N–H and O–H groups in total. The lowest BCUT2D eigenvalue weighted by Crippen LogP contribution is -2.63. The molecule has 0 saturated carbocycles. The zero-order valence-electron chi connectivity index (χ0n) is 24.3. The van der Waals surface area contributed by atoms with Crippen molar-refractivity contribution in [1.29, 1.82) is 0 Å². The van der Waals surface area contributed by atoms with Crippen LogP contribution in [0.15, 0.2) is 91.0 Å². The van der Waals surface area contributed by atoms with Crippen LogP contribution in [0.2, 0.25) is 0 Å². The highest BCUT2D eigenvalue weighted by molar-refractivity contribution is 5.69. The molecule has 5 atom stereocenters. The third-order valence-corrected chi connectivity index (χ3v) is 6.78. The van der Waals surface area contributed by atoms with Gasteiger partial charge in [0.05, 0.1) is 6.61 Å². The summed E-state index contributed by atoms with van der Waals surface area (Å²) in [7, 11) is 0. The minimum Gasteiger partial charge on any atom is -0.456 e. The number of carbonyl (C=O) groups is 4. The van der Waals surface area contributed by atoms with Gasteiger partial charge in [-0.15, -0.1) is 0 Å². The molecule has 4 rings (SSSR count). The number of rotatable bonds is 10. The highest BCUT2D eigenvalue weighted by Gasteiger charge is 2.54. The molecule has 0 radical (unpaired) electrons. The Balaban J connectivity index is 1.83. The average Bonchev–Trinajstić information content (AvgIpc) is 2.97. The lowest BCUT2D eigenvalue weighted by Gasteiger charge is -2.45. The summed E-state index contributed by atoms with van der Waals surface area (Å²) >= 11 is 0. The fraction of sp³-hybridized carbons (Fsp3) is 0.333. The van der Waals surface area contributed by atoms with E-state index in [0.717, 1.165) is 37.5 Å². The third-order valence-electron chi connectivity index (χ3n) is 6.78. The van der Waals surface area contributed by atoms with Gasteiger partial charge in [0.25, 0.3) is 0 Å². The molecule has 43 heavy (non-hydrogen) atoms. The van der Waals surface area contributed by atoms with Crippen LogP contribution in [0.5, 0.6) is 0 Å². The Morgan fingerprint density at radius 1 is 0.558 bits per heavy atom. The van der Waals surface area contributed by atoms with Gasteiger partial charge >= 0.3 is 23.9 Å². The van der Waals surface area contributed by atoms with Crippen molar-refractivity contribution in [3.05, 3.63) is 108 Å². The van der Waals surface area contributed by atoms with Crippen LogP contribution in [-0.2, 0) is 53.2 Å². The van der Waals surface area contributed by atoms with E-state index < -0.39 is 60.2 Å². The highest BCUT2D eigenvalue weighted by Crippen LogP contribution is 2.41. The summed E-state index contributed by atoms with van der Waals surface area (Å²) < 4.78 is 34.9. The quantitative estimate of drug-likeness (QED) is 0.146. The SMILES string of the molecule is CC(=O)O[13C@@H]1O[13C@H]([13CH2]OC(c2ccccc2)(c2ccccc2)c2ccccc2)[13C@@H](OC(C)=O)[13C@H](OC(C)=O)[13C@H]1OC(C)=O. The van der Waals surface area contributed by atoms with Crippen molar-refractivity contribution < 1.29 is 47.6 Å². The Hall–Kier alpha value is -4.54. The topological polar surface area (TPSA) is 124 Å². The second kappa shape index (κ2) is 14.1. The van der Waals surface area contributed by atoms with E-state index in [0.29, 0.717) is 0 Å². The summed E-state index contributed by atoms with van der Waals surface area (Å²) in [6.45, 7) is 4.40. The van der Waals surface area contributed by atoms with Gasteiger partial charge in [0.1, 0.15) is 11.7 Å². The monoisotopic (exact) mass is 596 g/mol. The minimum atomic E-state index is -1.49. The maximum absolute atomic E-state index is 12.3. The highest BCUT2D eigenvalue weighted by atomic mass is 16.9. The molecule has 1 saturated heterocycles. The molecule has 0 aliphatic carbocycles. The van der Waals surface area contributed by atoms with Gasteiger partial charge in [0.15, 0.2) is 12.2 Å². The Labute approximate surface area is 249 Å². The molecule has 3 aromatic rings. The molecule has 1 fully saturated rings. The van der Waals surface area contributed by atoms with Gasteiger partial charge in [0, 0.05) is 27.7 Å². The Morgan fingerprint density at radius 3 is 1.33 bits per heavy atom. The molecule has 0 amide bonds. The van der Waals surface area contributed by atoms with Gasteiger partial charge in [-0.25, -0.2) is 0 Å². The van der Waals surface area contributed by atoms with Gasteiger partial charge in [-0.1, -0.05) is 91.0 Å². The van der Waals surface area contributed by atoms with Crippen LogP contribution in [0.3, 0.4) is 0 Å². The van der Waals surface area contributed by atoms with E-state index in [2.05, 4.69) is 0 Å². The van der Waals surface area contributed by atoms with Crippen LogP contribution >= 0.6 is 0 Å². The first-order valence-electron chi connectivity index (χ1n) is 13.8. The first-order valence-corrected chi connectivity index (χ1v) is 13.8. The standard InChI is InChI=1S/C33H34O10/c1-21(34)39-29-28(43-32(42-24(4)37)31(41-23(3)36)30(29)40-22(2)35)20-38-33(25-14-8-5-9-15-25,26-16-10-6-11-17-26)27-18-12-7-13-19-27/h5-19,28-32H,20H2,1-4H3/t28-,29-,30+,31-,32-/m1/s1/i20+1,28+1,29+1,30+1,31+1,32+1. The lowest BCUT2D eigenvalue weighted by molar-refractivity contribution is -0.303. The number of hydrogen-bond acceptors (Lipinski definition) is 10. The van der Waals surface area contributed by atoms with E-state index in [1.54, 1.807) is 0 Å². The van der Waals surface area contributed by atoms with E-state index >= 15 is 0 Å². The Bertz CT molecular complexity index is 1300. The molecule has 0 aromatic heterocycles. The van der Waals surface area contributed by atoms with E-state index in [4.69, 9.17) is 28.4 Å². The van der Waals surface area contributed by atoms with Gasteiger partial charge in [-0.05, 0) is 16.7 Å². The van der Waals surface area contributed by atoms with Crippen LogP contribution in [0.4, 0.5) is 0 Å². The van der Waals surface area contributed by atoms with E-state index in [9.17, 15) is 19.2 Å². The maximum Gasteiger partial charge on any atom is 0.305 e. The molecule has 226 valence electrons. The molecule has 1 aliphatic heterocycles. The molecule has 3 aromatic carbocycles. The minimum absolute atomic E-state index is 0.237. The molecule has 10 heteroatoms. The zero-order chi connectivity index (χ0) is 31.0. The van der Waals surface area contributed by atoms with Crippen molar-refractivity contribution in [2.45, 2.75) is 64.0 Å². The predicted octanol–water partition coefficient (Wildman–Crippen LogP) is 4.08. The summed E-state index contributed by atoms with van der Waals surface area (Å²) in [6.07, 6.45) is -6.73. The van der Waals surface area contributed by atoms with Crippen molar-refractivity contribution in [1.82, 2.24) is 0 Å². The largest absolute Gasteiger partial charge is 0.456 e. The average molecular weight is 597 g/mol. The molecule has 1 heterocycles. The third kappa shape index (κ3) is 7.46. The summed E-state index contributed by atoms with van der Waals surface area (Å²) in [4.78, 5) is 48.6. The molecule has 1 aliphatic rings. The Morgan fingerprint density at radius 2 is 0.930 bits per heavy atom. The molecule has 0 unspecified atom stereocenters. The molecule has 0 bridgehead atoms. The summed E-state index contributed by atoms with van der Waals surface area (Å²) in [5.41, 5.74) is 1.24. The van der Waals surface area contributed by atoms with Crippen molar-refractivity contribution in [2.75, 3.05) is 6.61 Å². The maximum atomic E-state index is 12.3. The number of esters is 4. The summed E-state index contributed by atoms with van der Waals surface area (Å²) in [5, 5.41) is 0. The summed E-state index contributed by atoms with van der Waals surface area (Å²) in [5.74, 6) is -2.93.